The first kappa shape index (κ1) is 12.8. The van der Waals surface area contributed by atoms with Crippen LogP contribution >= 0.6 is 0 Å². The van der Waals surface area contributed by atoms with Crippen molar-refractivity contribution in [1.29, 1.82) is 0 Å². The van der Waals surface area contributed by atoms with Crippen molar-refractivity contribution in [3.05, 3.63) is 48.1 Å². The van der Waals surface area contributed by atoms with Crippen molar-refractivity contribution in [2.75, 3.05) is 7.05 Å². The van der Waals surface area contributed by atoms with Crippen LogP contribution in [0.25, 0.3) is 0 Å². The maximum absolute atomic E-state index is 13.5. The van der Waals surface area contributed by atoms with E-state index in [9.17, 15) is 8.78 Å². The summed E-state index contributed by atoms with van der Waals surface area (Å²) < 4.78 is 26.5. The van der Waals surface area contributed by atoms with Gasteiger partial charge >= 0.3 is 0 Å². The third kappa shape index (κ3) is 3.42. The van der Waals surface area contributed by atoms with Crippen molar-refractivity contribution in [2.45, 2.75) is 25.3 Å². The first-order chi connectivity index (χ1) is 7.69. The van der Waals surface area contributed by atoms with E-state index < -0.39 is 5.82 Å². The van der Waals surface area contributed by atoms with Gasteiger partial charge in [0.1, 0.15) is 11.6 Å². The molecule has 3 heteroatoms. The summed E-state index contributed by atoms with van der Waals surface area (Å²) in [5.74, 6) is -0.764. The molecule has 0 aromatic heterocycles. The molecule has 0 bridgehead atoms. The fraction of sp³-hybridized carbons (Fsp3) is 0.385. The monoisotopic (exact) mass is 225 g/mol. The van der Waals surface area contributed by atoms with Crippen LogP contribution in [0.2, 0.25) is 0 Å². The molecule has 1 nitrogen and oxygen atoms in total. The molecule has 1 unspecified atom stereocenters. The standard InChI is InChI=1S/C13H17F2N/c1-3-4-5-6-13(16-2)11-9-10(14)7-8-12(11)15/h3,7-9,13,16H,1,4-6H2,2H3. The number of halogens is 2. The van der Waals surface area contributed by atoms with Crippen LogP contribution in [0.3, 0.4) is 0 Å². The van der Waals surface area contributed by atoms with Crippen molar-refractivity contribution in [2.24, 2.45) is 0 Å². The molecule has 1 aromatic rings. The van der Waals surface area contributed by atoms with Gasteiger partial charge in [-0.15, -0.1) is 6.58 Å². The summed E-state index contributed by atoms with van der Waals surface area (Å²) in [6.07, 6.45) is 4.39. The predicted molar refractivity (Wildman–Crippen MR) is 62.2 cm³/mol. The fourth-order valence-electron chi connectivity index (χ4n) is 1.70. The van der Waals surface area contributed by atoms with Gasteiger partial charge in [-0.25, -0.2) is 8.78 Å². The van der Waals surface area contributed by atoms with E-state index in [0.29, 0.717) is 5.56 Å². The summed E-state index contributed by atoms with van der Waals surface area (Å²) in [6, 6.07) is 3.41. The number of rotatable bonds is 6. The summed E-state index contributed by atoms with van der Waals surface area (Å²) >= 11 is 0. The molecular weight excluding hydrogens is 208 g/mol. The number of hydrogen-bond donors (Lipinski definition) is 1. The molecule has 0 aliphatic rings. The Hall–Kier alpha value is -1.22. The van der Waals surface area contributed by atoms with Crippen LogP contribution in [0, 0.1) is 11.6 Å². The highest BCUT2D eigenvalue weighted by atomic mass is 19.1. The van der Waals surface area contributed by atoms with Gasteiger partial charge in [0.05, 0.1) is 0 Å². The van der Waals surface area contributed by atoms with Gasteiger partial charge in [-0.2, -0.15) is 0 Å². The zero-order chi connectivity index (χ0) is 12.0. The van der Waals surface area contributed by atoms with E-state index in [4.69, 9.17) is 0 Å². The van der Waals surface area contributed by atoms with Gasteiger partial charge in [0.15, 0.2) is 0 Å². The zero-order valence-electron chi connectivity index (χ0n) is 9.47. The van der Waals surface area contributed by atoms with Gasteiger partial charge in [-0.05, 0) is 44.5 Å². The Morgan fingerprint density at radius 1 is 1.44 bits per heavy atom. The molecular formula is C13H17F2N. The molecule has 1 aromatic carbocycles. The molecule has 0 saturated heterocycles. The Bertz CT molecular complexity index is 350. The first-order valence-electron chi connectivity index (χ1n) is 5.42. The normalized spacial score (nSPS) is 12.4. The Morgan fingerprint density at radius 2 is 2.19 bits per heavy atom. The first-order valence-corrected chi connectivity index (χ1v) is 5.42. The second-order valence-electron chi connectivity index (χ2n) is 3.73. The molecule has 1 rings (SSSR count). The molecule has 16 heavy (non-hydrogen) atoms. The highest BCUT2D eigenvalue weighted by Gasteiger charge is 2.14. The minimum absolute atomic E-state index is 0.143. The van der Waals surface area contributed by atoms with E-state index in [2.05, 4.69) is 11.9 Å². The minimum Gasteiger partial charge on any atom is -0.313 e. The van der Waals surface area contributed by atoms with Gasteiger partial charge in [-0.3, -0.25) is 0 Å². The van der Waals surface area contributed by atoms with Crippen LogP contribution in [-0.4, -0.2) is 7.05 Å². The van der Waals surface area contributed by atoms with Crippen molar-refractivity contribution in [3.63, 3.8) is 0 Å². The topological polar surface area (TPSA) is 12.0 Å². The van der Waals surface area contributed by atoms with Crippen molar-refractivity contribution >= 4 is 0 Å². The van der Waals surface area contributed by atoms with Gasteiger partial charge < -0.3 is 5.32 Å². The van der Waals surface area contributed by atoms with Crippen LogP contribution in [0.15, 0.2) is 30.9 Å². The fourth-order valence-corrected chi connectivity index (χ4v) is 1.70. The lowest BCUT2D eigenvalue weighted by atomic mass is 10.0. The summed E-state index contributed by atoms with van der Waals surface area (Å²) in [4.78, 5) is 0. The van der Waals surface area contributed by atoms with Crippen LogP contribution < -0.4 is 5.32 Å². The van der Waals surface area contributed by atoms with Crippen LogP contribution in [-0.2, 0) is 0 Å². The Morgan fingerprint density at radius 3 is 2.81 bits per heavy atom. The predicted octanol–water partition coefficient (Wildman–Crippen LogP) is 3.58. The van der Waals surface area contributed by atoms with E-state index >= 15 is 0 Å². The average molecular weight is 225 g/mol. The van der Waals surface area contributed by atoms with Crippen molar-refractivity contribution < 1.29 is 8.78 Å². The highest BCUT2D eigenvalue weighted by Crippen LogP contribution is 2.22. The number of benzene rings is 1. The van der Waals surface area contributed by atoms with E-state index in [1.807, 2.05) is 6.08 Å². The maximum Gasteiger partial charge on any atom is 0.128 e. The Balaban J connectivity index is 2.77. The van der Waals surface area contributed by atoms with Crippen molar-refractivity contribution in [1.82, 2.24) is 5.32 Å². The molecule has 1 N–H and O–H groups in total. The molecule has 0 spiro atoms. The molecule has 0 amide bonds. The summed E-state index contributed by atoms with van der Waals surface area (Å²) in [7, 11) is 1.75. The van der Waals surface area contributed by atoms with Gasteiger partial charge in [0, 0.05) is 11.6 Å². The summed E-state index contributed by atoms with van der Waals surface area (Å²) in [5, 5.41) is 3.00. The minimum atomic E-state index is -0.402. The number of hydrogen-bond acceptors (Lipinski definition) is 1. The van der Waals surface area contributed by atoms with Gasteiger partial charge in [0.2, 0.25) is 0 Å². The zero-order valence-corrected chi connectivity index (χ0v) is 9.47. The molecule has 0 fully saturated rings. The smallest absolute Gasteiger partial charge is 0.128 e. The molecule has 0 aliphatic heterocycles. The highest BCUT2D eigenvalue weighted by molar-refractivity contribution is 5.22. The van der Waals surface area contributed by atoms with Crippen molar-refractivity contribution in [3.8, 4) is 0 Å². The third-order valence-electron chi connectivity index (χ3n) is 2.58. The maximum atomic E-state index is 13.5. The molecule has 88 valence electrons. The second-order valence-corrected chi connectivity index (χ2v) is 3.73. The SMILES string of the molecule is C=CCCCC(NC)c1cc(F)ccc1F. The van der Waals surface area contributed by atoms with Crippen LogP contribution in [0.1, 0.15) is 30.9 Å². The number of unbranched alkanes of at least 4 members (excludes halogenated alkanes) is 1. The van der Waals surface area contributed by atoms with Gasteiger partial charge in [-0.1, -0.05) is 6.08 Å². The lowest BCUT2D eigenvalue weighted by Gasteiger charge is -2.17. The number of allylic oxidation sites excluding steroid dienone is 1. The van der Waals surface area contributed by atoms with E-state index in [-0.39, 0.29) is 11.9 Å². The largest absolute Gasteiger partial charge is 0.313 e. The molecule has 0 heterocycles. The van der Waals surface area contributed by atoms with E-state index in [0.717, 1.165) is 25.3 Å². The number of nitrogens with one attached hydrogen (secondary N) is 1. The summed E-state index contributed by atoms with van der Waals surface area (Å²) in [6.45, 7) is 3.63. The van der Waals surface area contributed by atoms with E-state index in [1.165, 1.54) is 12.1 Å². The second kappa shape index (κ2) is 6.38. The molecule has 0 aliphatic carbocycles. The quantitative estimate of drug-likeness (QED) is 0.576. The van der Waals surface area contributed by atoms with Gasteiger partial charge in [0.25, 0.3) is 0 Å². The van der Waals surface area contributed by atoms with E-state index in [1.54, 1.807) is 7.05 Å². The Labute approximate surface area is 95.2 Å². The summed E-state index contributed by atoms with van der Waals surface area (Å²) in [5.41, 5.74) is 0.395. The lowest BCUT2D eigenvalue weighted by Crippen LogP contribution is -2.17. The molecule has 1 atom stereocenters. The van der Waals surface area contributed by atoms with Crippen LogP contribution in [0.4, 0.5) is 8.78 Å². The van der Waals surface area contributed by atoms with Crippen LogP contribution in [0.5, 0.6) is 0 Å². The lowest BCUT2D eigenvalue weighted by molar-refractivity contribution is 0.490. The third-order valence-corrected chi connectivity index (χ3v) is 2.58. The Kier molecular flexibility index (Phi) is 5.12. The average Bonchev–Trinajstić information content (AvgIpc) is 2.28. The molecule has 0 saturated carbocycles. The molecule has 0 radical (unpaired) electrons.